The molecule has 0 saturated heterocycles. The number of hydrogen-bond donors (Lipinski definition) is 1. The summed E-state index contributed by atoms with van der Waals surface area (Å²) in [6, 6.07) is 13.2. The first-order valence-corrected chi connectivity index (χ1v) is 6.07. The molecular weight excluding hydrogens is 240 g/mol. The molecule has 98 valence electrons. The second-order valence-electron chi connectivity index (χ2n) is 4.29. The summed E-state index contributed by atoms with van der Waals surface area (Å²) >= 11 is 0. The Morgan fingerprint density at radius 3 is 2.58 bits per heavy atom. The van der Waals surface area contributed by atoms with Gasteiger partial charge in [0.15, 0.2) is 0 Å². The summed E-state index contributed by atoms with van der Waals surface area (Å²) < 4.78 is 0. The largest absolute Gasteiger partial charge is 0.276 e. The highest BCUT2D eigenvalue weighted by molar-refractivity contribution is 5.94. The molecule has 4 nitrogen and oxygen atoms in total. The summed E-state index contributed by atoms with van der Waals surface area (Å²) in [5.41, 5.74) is 5.54. The van der Waals surface area contributed by atoms with E-state index in [2.05, 4.69) is 10.5 Å². The van der Waals surface area contributed by atoms with E-state index in [4.69, 9.17) is 4.84 Å². The van der Waals surface area contributed by atoms with Crippen LogP contribution in [-0.2, 0) is 11.4 Å². The van der Waals surface area contributed by atoms with Gasteiger partial charge in [-0.25, -0.2) is 5.48 Å². The van der Waals surface area contributed by atoms with Gasteiger partial charge in [-0.15, -0.1) is 0 Å². The molecule has 0 atom stereocenters. The molecule has 0 fully saturated rings. The van der Waals surface area contributed by atoms with E-state index in [1.165, 1.54) is 0 Å². The van der Waals surface area contributed by atoms with Crippen LogP contribution in [0.1, 0.15) is 27.3 Å². The molecule has 1 amide bonds. The van der Waals surface area contributed by atoms with Crippen LogP contribution in [0.2, 0.25) is 0 Å². The minimum Gasteiger partial charge on any atom is -0.269 e. The van der Waals surface area contributed by atoms with Crippen molar-refractivity contribution in [1.29, 1.82) is 0 Å². The quantitative estimate of drug-likeness (QED) is 0.855. The highest BCUT2D eigenvalue weighted by Gasteiger charge is 2.09. The van der Waals surface area contributed by atoms with Crippen LogP contribution in [0.25, 0.3) is 0 Å². The van der Waals surface area contributed by atoms with E-state index < -0.39 is 0 Å². The van der Waals surface area contributed by atoms with Gasteiger partial charge in [0.1, 0.15) is 0 Å². The number of aromatic nitrogens is 1. The minimum atomic E-state index is -0.277. The number of carbonyl (C=O) groups excluding carboxylic acids is 1. The lowest BCUT2D eigenvalue weighted by Crippen LogP contribution is -2.24. The summed E-state index contributed by atoms with van der Waals surface area (Å²) in [5, 5.41) is 0. The Labute approximate surface area is 112 Å². The fraction of sp³-hybridized carbons (Fsp3) is 0.200. The summed E-state index contributed by atoms with van der Waals surface area (Å²) in [6.45, 7) is 4.03. The molecule has 4 heteroatoms. The standard InChI is InChI=1S/C15H16N2O2/c1-11-8-9-14(12(2)16-11)15(18)17-19-10-13-6-4-3-5-7-13/h3-9H,10H2,1-2H3,(H,17,18). The molecule has 1 aromatic heterocycles. The normalized spacial score (nSPS) is 10.2. The van der Waals surface area contributed by atoms with Gasteiger partial charge >= 0.3 is 0 Å². The van der Waals surface area contributed by atoms with E-state index in [0.717, 1.165) is 11.3 Å². The van der Waals surface area contributed by atoms with E-state index in [-0.39, 0.29) is 5.91 Å². The summed E-state index contributed by atoms with van der Waals surface area (Å²) in [7, 11) is 0. The molecule has 0 aliphatic heterocycles. The topological polar surface area (TPSA) is 51.2 Å². The smallest absolute Gasteiger partial charge is 0.269 e. The third-order valence-corrected chi connectivity index (χ3v) is 2.72. The molecule has 0 unspecified atom stereocenters. The molecule has 19 heavy (non-hydrogen) atoms. The predicted octanol–water partition coefficient (Wildman–Crippen LogP) is 2.56. The Morgan fingerprint density at radius 1 is 1.16 bits per heavy atom. The average molecular weight is 256 g/mol. The van der Waals surface area contributed by atoms with Gasteiger partial charge in [0, 0.05) is 5.69 Å². The van der Waals surface area contributed by atoms with Gasteiger partial charge in [0.05, 0.1) is 17.9 Å². The lowest BCUT2D eigenvalue weighted by molar-refractivity contribution is 0.0232. The Morgan fingerprint density at radius 2 is 1.89 bits per heavy atom. The van der Waals surface area contributed by atoms with Gasteiger partial charge in [0.25, 0.3) is 5.91 Å². The number of carbonyl (C=O) groups is 1. The lowest BCUT2D eigenvalue weighted by Gasteiger charge is -2.08. The molecule has 2 rings (SSSR count). The molecular formula is C15H16N2O2. The van der Waals surface area contributed by atoms with Crippen LogP contribution in [0.15, 0.2) is 42.5 Å². The molecule has 0 aliphatic carbocycles. The number of hydrogen-bond acceptors (Lipinski definition) is 3. The first-order valence-electron chi connectivity index (χ1n) is 6.07. The Kier molecular flexibility index (Phi) is 4.26. The van der Waals surface area contributed by atoms with Crippen LogP contribution in [0.3, 0.4) is 0 Å². The third-order valence-electron chi connectivity index (χ3n) is 2.72. The van der Waals surface area contributed by atoms with Crippen molar-refractivity contribution in [2.45, 2.75) is 20.5 Å². The zero-order chi connectivity index (χ0) is 13.7. The second-order valence-corrected chi connectivity index (χ2v) is 4.29. The highest BCUT2D eigenvalue weighted by atomic mass is 16.6. The number of hydroxylamine groups is 1. The van der Waals surface area contributed by atoms with Crippen LogP contribution >= 0.6 is 0 Å². The molecule has 0 spiro atoms. The monoisotopic (exact) mass is 256 g/mol. The number of pyridine rings is 1. The van der Waals surface area contributed by atoms with Crippen molar-refractivity contribution in [1.82, 2.24) is 10.5 Å². The van der Waals surface area contributed by atoms with Crippen molar-refractivity contribution in [2.75, 3.05) is 0 Å². The molecule has 1 aromatic carbocycles. The predicted molar refractivity (Wildman–Crippen MR) is 72.4 cm³/mol. The highest BCUT2D eigenvalue weighted by Crippen LogP contribution is 2.06. The third kappa shape index (κ3) is 3.63. The fourth-order valence-electron chi connectivity index (χ4n) is 1.74. The van der Waals surface area contributed by atoms with E-state index in [9.17, 15) is 4.79 Å². The van der Waals surface area contributed by atoms with Gasteiger partial charge in [-0.2, -0.15) is 0 Å². The van der Waals surface area contributed by atoms with Crippen molar-refractivity contribution < 1.29 is 9.63 Å². The van der Waals surface area contributed by atoms with Crippen molar-refractivity contribution in [2.24, 2.45) is 0 Å². The fourth-order valence-corrected chi connectivity index (χ4v) is 1.74. The number of nitrogens with zero attached hydrogens (tertiary/aromatic N) is 1. The molecule has 0 bridgehead atoms. The maximum absolute atomic E-state index is 11.9. The zero-order valence-electron chi connectivity index (χ0n) is 11.0. The van der Waals surface area contributed by atoms with Crippen molar-refractivity contribution in [3.8, 4) is 0 Å². The summed E-state index contributed by atoms with van der Waals surface area (Å²) in [4.78, 5) is 21.3. The lowest BCUT2D eigenvalue weighted by atomic mass is 10.2. The van der Waals surface area contributed by atoms with Gasteiger partial charge in [-0.3, -0.25) is 14.6 Å². The molecule has 0 radical (unpaired) electrons. The van der Waals surface area contributed by atoms with E-state index in [1.54, 1.807) is 19.1 Å². The van der Waals surface area contributed by atoms with Crippen LogP contribution in [0, 0.1) is 13.8 Å². The zero-order valence-corrected chi connectivity index (χ0v) is 11.0. The number of benzene rings is 1. The molecule has 2 aromatic rings. The van der Waals surface area contributed by atoms with E-state index >= 15 is 0 Å². The molecule has 0 saturated carbocycles. The van der Waals surface area contributed by atoms with E-state index in [0.29, 0.717) is 17.9 Å². The summed E-state index contributed by atoms with van der Waals surface area (Å²) in [6.07, 6.45) is 0. The molecule has 0 aliphatic rings. The van der Waals surface area contributed by atoms with Crippen LogP contribution < -0.4 is 5.48 Å². The van der Waals surface area contributed by atoms with Gasteiger partial charge < -0.3 is 0 Å². The maximum atomic E-state index is 11.9. The Bertz CT molecular complexity index is 568. The first-order chi connectivity index (χ1) is 9.16. The SMILES string of the molecule is Cc1ccc(C(=O)NOCc2ccccc2)c(C)n1. The van der Waals surface area contributed by atoms with Gasteiger partial charge in [-0.05, 0) is 31.5 Å². The van der Waals surface area contributed by atoms with Gasteiger partial charge in [0.2, 0.25) is 0 Å². The van der Waals surface area contributed by atoms with Crippen LogP contribution in [-0.4, -0.2) is 10.9 Å². The van der Waals surface area contributed by atoms with Crippen LogP contribution in [0.5, 0.6) is 0 Å². The Balaban J connectivity index is 1.91. The molecule has 1 N–H and O–H groups in total. The minimum absolute atomic E-state index is 0.277. The second kappa shape index (κ2) is 6.11. The maximum Gasteiger partial charge on any atom is 0.276 e. The average Bonchev–Trinajstić information content (AvgIpc) is 2.39. The van der Waals surface area contributed by atoms with E-state index in [1.807, 2.05) is 37.3 Å². The number of amides is 1. The van der Waals surface area contributed by atoms with Crippen molar-refractivity contribution in [3.05, 3.63) is 65.0 Å². The number of nitrogens with one attached hydrogen (secondary N) is 1. The van der Waals surface area contributed by atoms with Crippen LogP contribution in [0.4, 0.5) is 0 Å². The summed E-state index contributed by atoms with van der Waals surface area (Å²) in [5.74, 6) is -0.277. The number of rotatable bonds is 4. The Hall–Kier alpha value is -2.20. The first kappa shape index (κ1) is 13.2. The van der Waals surface area contributed by atoms with Crippen molar-refractivity contribution in [3.63, 3.8) is 0 Å². The molecule has 1 heterocycles. The number of aryl methyl sites for hydroxylation is 2. The van der Waals surface area contributed by atoms with Gasteiger partial charge in [-0.1, -0.05) is 30.3 Å². The van der Waals surface area contributed by atoms with Crippen molar-refractivity contribution >= 4 is 5.91 Å².